The van der Waals surface area contributed by atoms with Gasteiger partial charge in [0.2, 0.25) is 5.95 Å². The predicted molar refractivity (Wildman–Crippen MR) is 127 cm³/mol. The van der Waals surface area contributed by atoms with Gasteiger partial charge < -0.3 is 10.4 Å². The van der Waals surface area contributed by atoms with Crippen LogP contribution in [0.4, 0.5) is 16.2 Å². The van der Waals surface area contributed by atoms with Crippen LogP contribution < -0.4 is 5.32 Å². The monoisotopic (exact) mass is 476 g/mol. The first-order valence-electron chi connectivity index (χ1n) is 9.79. The van der Waals surface area contributed by atoms with E-state index in [1.165, 1.54) is 18.2 Å². The Hall–Kier alpha value is -4.24. The highest BCUT2D eigenvalue weighted by atomic mass is 35.5. The highest BCUT2D eigenvalue weighted by Gasteiger charge is 2.23. The summed E-state index contributed by atoms with van der Waals surface area (Å²) < 4.78 is 14.6. The van der Waals surface area contributed by atoms with E-state index in [-0.39, 0.29) is 37.2 Å². The molecule has 1 aliphatic rings. The van der Waals surface area contributed by atoms with Gasteiger partial charge in [0.15, 0.2) is 11.5 Å². The molecule has 2 aromatic carbocycles. The summed E-state index contributed by atoms with van der Waals surface area (Å²) in [6.45, 7) is 0.249. The summed E-state index contributed by atoms with van der Waals surface area (Å²) in [4.78, 5) is 24.6. The molecule has 0 saturated carbocycles. The maximum Gasteiger partial charge on any atom is 0.356 e. The largest absolute Gasteiger partial charge is 0.476 e. The number of aliphatic imine (C=N–C) groups is 1. The van der Waals surface area contributed by atoms with Gasteiger partial charge in [0, 0.05) is 33.5 Å². The predicted octanol–water partition coefficient (Wildman–Crippen LogP) is 5.16. The average molecular weight is 477 g/mol. The van der Waals surface area contributed by atoms with Crippen molar-refractivity contribution < 1.29 is 14.3 Å². The molecule has 0 fully saturated rings. The number of carbonyl (C=O) groups is 1. The van der Waals surface area contributed by atoms with Gasteiger partial charge in [-0.05, 0) is 36.4 Å². The van der Waals surface area contributed by atoms with Crippen molar-refractivity contribution in [2.75, 3.05) is 5.32 Å². The van der Waals surface area contributed by atoms with Crippen molar-refractivity contribution >= 4 is 35.0 Å². The summed E-state index contributed by atoms with van der Waals surface area (Å²) in [6, 6.07) is 14.5. The van der Waals surface area contributed by atoms with Crippen molar-refractivity contribution in [2.45, 2.75) is 14.0 Å². The number of nitrogens with zero attached hydrogens (tertiary/aromatic N) is 5. The smallest absolute Gasteiger partial charge is 0.356 e. The van der Waals surface area contributed by atoms with Crippen LogP contribution in [0.5, 0.6) is 0 Å². The number of nitrogens with one attached hydrogen (secondary N) is 1. The van der Waals surface area contributed by atoms with E-state index in [4.69, 9.17) is 16.7 Å². The van der Waals surface area contributed by atoms with Gasteiger partial charge in [-0.3, -0.25) is 4.99 Å². The van der Waals surface area contributed by atoms with E-state index in [1.807, 2.05) is 6.07 Å². The molecule has 0 aliphatic carbocycles. The lowest BCUT2D eigenvalue weighted by atomic mass is 9.95. The molecule has 2 N–H and O–H groups in total. The Morgan fingerprint density at radius 1 is 1.03 bits per heavy atom. The molecule has 0 radical (unpaired) electrons. The third-order valence-electron chi connectivity index (χ3n) is 5.02. The Labute approximate surface area is 199 Å². The van der Waals surface area contributed by atoms with Crippen molar-refractivity contribution in [3.8, 4) is 11.3 Å². The van der Waals surface area contributed by atoms with Crippen molar-refractivity contribution in [1.82, 2.24) is 20.2 Å². The van der Waals surface area contributed by atoms with E-state index in [0.29, 0.717) is 27.6 Å². The minimum absolute atomic E-state index is 0. The lowest BCUT2D eigenvalue weighted by Crippen LogP contribution is -2.07. The number of hydrogen-bond donors (Lipinski definition) is 2. The average Bonchev–Trinajstić information content (AvgIpc) is 2.96. The van der Waals surface area contributed by atoms with Gasteiger partial charge in [-0.1, -0.05) is 37.2 Å². The van der Waals surface area contributed by atoms with E-state index in [2.05, 4.69) is 30.5 Å². The molecule has 0 unspecified atom stereocenters. The summed E-state index contributed by atoms with van der Waals surface area (Å²) in [5.74, 6) is -1.03. The van der Waals surface area contributed by atoms with Crippen LogP contribution >= 0.6 is 11.6 Å². The molecule has 8 nitrogen and oxygen atoms in total. The van der Waals surface area contributed by atoms with Gasteiger partial charge in [0.05, 0.1) is 18.0 Å². The van der Waals surface area contributed by atoms with Gasteiger partial charge in [0.25, 0.3) is 0 Å². The summed E-state index contributed by atoms with van der Waals surface area (Å²) in [5, 5.41) is 19.9. The lowest BCUT2D eigenvalue weighted by Gasteiger charge is -2.13. The number of carboxylic acids is 1. The zero-order valence-electron chi connectivity index (χ0n) is 16.8. The van der Waals surface area contributed by atoms with Crippen molar-refractivity contribution in [2.24, 2.45) is 4.99 Å². The number of hydrogen-bond acceptors (Lipinski definition) is 7. The van der Waals surface area contributed by atoms with E-state index in [0.717, 1.165) is 11.1 Å². The minimum atomic E-state index is -1.17. The van der Waals surface area contributed by atoms with Gasteiger partial charge in [-0.25, -0.2) is 19.2 Å². The second-order valence-corrected chi connectivity index (χ2v) is 7.57. The van der Waals surface area contributed by atoms with Crippen LogP contribution in [0.1, 0.15) is 34.6 Å². The van der Waals surface area contributed by atoms with Crippen LogP contribution in [0.2, 0.25) is 5.02 Å². The molecule has 2 aromatic heterocycles. The fourth-order valence-corrected chi connectivity index (χ4v) is 3.67. The Kier molecular flexibility index (Phi) is 6.29. The molecule has 4 aromatic rings. The number of benzene rings is 2. The summed E-state index contributed by atoms with van der Waals surface area (Å²) in [7, 11) is 0. The molecule has 1 aliphatic heterocycles. The lowest BCUT2D eigenvalue weighted by molar-refractivity contribution is 0.0689. The van der Waals surface area contributed by atoms with Crippen molar-refractivity contribution in [1.29, 1.82) is 0 Å². The molecule has 0 spiro atoms. The molecule has 5 rings (SSSR count). The van der Waals surface area contributed by atoms with Crippen LogP contribution in [-0.2, 0) is 6.54 Å². The van der Waals surface area contributed by atoms with Crippen LogP contribution in [0.15, 0.2) is 65.8 Å². The molecule has 0 atom stereocenters. The Balaban J connectivity index is 0.00000274. The van der Waals surface area contributed by atoms with E-state index in [9.17, 15) is 9.18 Å². The Bertz CT molecular complexity index is 1430. The molecule has 34 heavy (non-hydrogen) atoms. The van der Waals surface area contributed by atoms with Gasteiger partial charge in [-0.2, -0.15) is 0 Å². The quantitative estimate of drug-likeness (QED) is 0.418. The molecule has 3 heterocycles. The Morgan fingerprint density at radius 3 is 2.59 bits per heavy atom. The van der Waals surface area contributed by atoms with Gasteiger partial charge in [-0.15, -0.1) is 10.2 Å². The number of aromatic carboxylic acids is 1. The third-order valence-corrected chi connectivity index (χ3v) is 5.25. The van der Waals surface area contributed by atoms with Gasteiger partial charge in [0.1, 0.15) is 5.82 Å². The zero-order chi connectivity index (χ0) is 22.9. The maximum atomic E-state index is 14.6. The van der Waals surface area contributed by atoms with Crippen LogP contribution in [-0.4, -0.2) is 37.0 Å². The second-order valence-electron chi connectivity index (χ2n) is 7.14. The number of halogens is 2. The fourth-order valence-electron chi connectivity index (χ4n) is 3.50. The fraction of sp³-hybridized carbons (Fsp3) is 0.0833. The first kappa shape index (κ1) is 22.9. The summed E-state index contributed by atoms with van der Waals surface area (Å²) in [6.07, 6.45) is 1.63. The number of aromatic nitrogens is 4. The van der Waals surface area contributed by atoms with E-state index < -0.39 is 5.97 Å². The first-order chi connectivity index (χ1) is 16.0. The highest BCUT2D eigenvalue weighted by Crippen LogP contribution is 2.34. The van der Waals surface area contributed by atoms with Crippen LogP contribution in [0.3, 0.4) is 0 Å². The zero-order valence-corrected chi connectivity index (χ0v) is 17.6. The molecular formula is C24H18ClFN6O2. The number of fused-ring (bicyclic) bond motifs is 3. The molecule has 0 saturated heterocycles. The van der Waals surface area contributed by atoms with Gasteiger partial charge >= 0.3 is 5.97 Å². The maximum absolute atomic E-state index is 14.6. The molecular weight excluding hydrogens is 459 g/mol. The van der Waals surface area contributed by atoms with Crippen molar-refractivity contribution in [3.63, 3.8) is 0 Å². The molecule has 0 bridgehead atoms. The summed E-state index contributed by atoms with van der Waals surface area (Å²) in [5.41, 5.74) is 3.43. The number of rotatable bonds is 4. The number of anilines is 2. The van der Waals surface area contributed by atoms with Crippen molar-refractivity contribution in [3.05, 3.63) is 94.0 Å². The minimum Gasteiger partial charge on any atom is -0.476 e. The topological polar surface area (TPSA) is 113 Å². The third kappa shape index (κ3) is 4.33. The first-order valence-corrected chi connectivity index (χ1v) is 10.2. The Morgan fingerprint density at radius 2 is 1.85 bits per heavy atom. The second kappa shape index (κ2) is 9.32. The van der Waals surface area contributed by atoms with Crippen LogP contribution in [0.25, 0.3) is 11.3 Å². The number of carboxylic acid groups (broad SMARTS) is 1. The van der Waals surface area contributed by atoms with E-state index >= 15 is 0 Å². The standard InChI is InChI=1S/C23H14ClFN6O2.CH4/c24-13-5-6-14-16(9-13)21(15-3-1-2-4-17(15)25)26-10-12-11-27-23(29-20(12)14)28-19-8-7-18(22(32)33)30-31-19;/h1-9,11H,10H2,(H,32,33)(H,27,28,29,31);1H4. The van der Waals surface area contributed by atoms with E-state index in [1.54, 1.807) is 36.5 Å². The molecule has 0 amide bonds. The summed E-state index contributed by atoms with van der Waals surface area (Å²) >= 11 is 6.27. The SMILES string of the molecule is C.O=C(O)c1ccc(Nc2ncc3c(n2)-c2ccc(Cl)cc2C(c2ccccc2F)=NC3)nn1. The molecule has 170 valence electrons. The van der Waals surface area contributed by atoms with Crippen LogP contribution in [0, 0.1) is 5.82 Å². The normalized spacial score (nSPS) is 11.9. The molecule has 10 heteroatoms. The highest BCUT2D eigenvalue weighted by molar-refractivity contribution is 6.31.